The molecule has 1 saturated carbocycles. The number of hydrogen-bond donors (Lipinski definition) is 1. The van der Waals surface area contributed by atoms with Crippen LogP contribution in [0.1, 0.15) is 48.8 Å². The van der Waals surface area contributed by atoms with Crippen LogP contribution in [-0.4, -0.2) is 30.6 Å². The predicted molar refractivity (Wildman–Crippen MR) is 89.6 cm³/mol. The van der Waals surface area contributed by atoms with E-state index >= 15 is 0 Å². The Morgan fingerprint density at radius 3 is 2.52 bits per heavy atom. The van der Waals surface area contributed by atoms with Gasteiger partial charge in [-0.15, -0.1) is 0 Å². The van der Waals surface area contributed by atoms with Gasteiger partial charge in [0.1, 0.15) is 0 Å². The molecule has 1 saturated heterocycles. The van der Waals surface area contributed by atoms with Gasteiger partial charge in [0.2, 0.25) is 0 Å². The smallest absolute Gasteiger partial charge is 0.0252 e. The van der Waals surface area contributed by atoms with Crippen molar-refractivity contribution >= 4 is 0 Å². The van der Waals surface area contributed by atoms with E-state index in [2.05, 4.69) is 42.3 Å². The fourth-order valence-electron chi connectivity index (χ4n) is 4.25. The van der Waals surface area contributed by atoms with E-state index < -0.39 is 0 Å². The maximum atomic E-state index is 3.64. The van der Waals surface area contributed by atoms with E-state index in [-0.39, 0.29) is 0 Å². The minimum atomic E-state index is 0.748. The maximum Gasteiger partial charge on any atom is 0.0252 e. The molecule has 1 atom stereocenters. The van der Waals surface area contributed by atoms with E-state index in [9.17, 15) is 0 Å². The molecular weight excluding hydrogens is 256 g/mol. The van der Waals surface area contributed by atoms with Crippen LogP contribution in [0.25, 0.3) is 0 Å². The van der Waals surface area contributed by atoms with E-state index in [1.54, 1.807) is 5.56 Å². The van der Waals surface area contributed by atoms with Crippen molar-refractivity contribution in [2.45, 2.75) is 58.5 Å². The minimum absolute atomic E-state index is 0.748. The first kappa shape index (κ1) is 15.1. The SMILES string of the molecule is Cc1cccc(C)c1CN1CCNCC1C1CCCCC1. The highest BCUT2D eigenvalue weighted by molar-refractivity contribution is 5.33. The first-order chi connectivity index (χ1) is 10.3. The Hall–Kier alpha value is -0.860. The predicted octanol–water partition coefficient (Wildman–Crippen LogP) is 3.66. The monoisotopic (exact) mass is 286 g/mol. The number of hydrogen-bond acceptors (Lipinski definition) is 2. The van der Waals surface area contributed by atoms with Crippen molar-refractivity contribution < 1.29 is 0 Å². The van der Waals surface area contributed by atoms with Gasteiger partial charge in [0.15, 0.2) is 0 Å². The van der Waals surface area contributed by atoms with E-state index in [1.807, 2.05) is 0 Å². The topological polar surface area (TPSA) is 15.3 Å². The summed E-state index contributed by atoms with van der Waals surface area (Å²) in [6.07, 6.45) is 7.22. The van der Waals surface area contributed by atoms with Gasteiger partial charge in [0.05, 0.1) is 0 Å². The zero-order valence-electron chi connectivity index (χ0n) is 13.7. The second kappa shape index (κ2) is 6.93. The largest absolute Gasteiger partial charge is 0.314 e. The molecule has 1 heterocycles. The summed E-state index contributed by atoms with van der Waals surface area (Å²) in [5.74, 6) is 0.913. The number of aryl methyl sites for hydroxylation is 2. The van der Waals surface area contributed by atoms with Gasteiger partial charge >= 0.3 is 0 Å². The summed E-state index contributed by atoms with van der Waals surface area (Å²) in [7, 11) is 0. The summed E-state index contributed by atoms with van der Waals surface area (Å²) < 4.78 is 0. The summed E-state index contributed by atoms with van der Waals surface area (Å²) in [4.78, 5) is 2.77. The summed E-state index contributed by atoms with van der Waals surface area (Å²) in [5.41, 5.74) is 4.46. The third-order valence-electron chi connectivity index (χ3n) is 5.60. The average Bonchev–Trinajstić information content (AvgIpc) is 2.52. The Bertz CT molecular complexity index is 442. The molecule has 116 valence electrons. The molecule has 0 amide bonds. The van der Waals surface area contributed by atoms with Crippen LogP contribution >= 0.6 is 0 Å². The van der Waals surface area contributed by atoms with Crippen molar-refractivity contribution in [2.75, 3.05) is 19.6 Å². The van der Waals surface area contributed by atoms with E-state index in [4.69, 9.17) is 0 Å². The summed E-state index contributed by atoms with van der Waals surface area (Å²) in [6.45, 7) is 9.21. The number of nitrogens with zero attached hydrogens (tertiary/aromatic N) is 1. The van der Waals surface area contributed by atoms with E-state index in [0.717, 1.165) is 25.0 Å². The molecule has 2 aliphatic rings. The number of rotatable bonds is 3. The van der Waals surface area contributed by atoms with Crippen LogP contribution < -0.4 is 5.32 Å². The maximum absolute atomic E-state index is 3.64. The van der Waals surface area contributed by atoms with E-state index in [0.29, 0.717) is 0 Å². The number of benzene rings is 1. The van der Waals surface area contributed by atoms with Crippen molar-refractivity contribution in [2.24, 2.45) is 5.92 Å². The molecule has 21 heavy (non-hydrogen) atoms. The van der Waals surface area contributed by atoms with Crippen LogP contribution in [0, 0.1) is 19.8 Å². The van der Waals surface area contributed by atoms with Gasteiger partial charge in [-0.3, -0.25) is 4.90 Å². The van der Waals surface area contributed by atoms with Crippen LogP contribution in [0.15, 0.2) is 18.2 Å². The molecule has 3 rings (SSSR count). The Morgan fingerprint density at radius 1 is 1.10 bits per heavy atom. The van der Waals surface area contributed by atoms with E-state index in [1.165, 1.54) is 56.3 Å². The lowest BCUT2D eigenvalue weighted by molar-refractivity contribution is 0.0856. The molecule has 1 N–H and O–H groups in total. The highest BCUT2D eigenvalue weighted by atomic mass is 15.2. The third-order valence-corrected chi connectivity index (χ3v) is 5.60. The first-order valence-corrected chi connectivity index (χ1v) is 8.75. The van der Waals surface area contributed by atoms with Crippen LogP contribution in [0.3, 0.4) is 0 Å². The molecule has 0 bridgehead atoms. The second-order valence-corrected chi connectivity index (χ2v) is 7.01. The number of piperazine rings is 1. The van der Waals surface area contributed by atoms with Crippen LogP contribution in [0.5, 0.6) is 0 Å². The zero-order chi connectivity index (χ0) is 14.7. The molecule has 2 nitrogen and oxygen atoms in total. The molecule has 0 spiro atoms. The fourth-order valence-corrected chi connectivity index (χ4v) is 4.25. The third kappa shape index (κ3) is 3.49. The van der Waals surface area contributed by atoms with Crippen molar-refractivity contribution in [3.05, 3.63) is 34.9 Å². The molecule has 1 aromatic carbocycles. The Balaban J connectivity index is 1.74. The Labute approximate surface area is 129 Å². The lowest BCUT2D eigenvalue weighted by Crippen LogP contribution is -2.54. The zero-order valence-corrected chi connectivity index (χ0v) is 13.7. The lowest BCUT2D eigenvalue weighted by Gasteiger charge is -2.42. The molecule has 2 fully saturated rings. The second-order valence-electron chi connectivity index (χ2n) is 7.01. The molecule has 1 unspecified atom stereocenters. The lowest BCUT2D eigenvalue weighted by atomic mass is 9.82. The fraction of sp³-hybridized carbons (Fsp3) is 0.684. The molecule has 1 aromatic rings. The molecule has 1 aliphatic carbocycles. The molecule has 1 aliphatic heterocycles. The molecule has 2 heteroatoms. The Kier molecular flexibility index (Phi) is 4.97. The molecule has 0 aromatic heterocycles. The van der Waals surface area contributed by atoms with Crippen LogP contribution in [-0.2, 0) is 6.54 Å². The van der Waals surface area contributed by atoms with Gasteiger partial charge in [0.25, 0.3) is 0 Å². The first-order valence-electron chi connectivity index (χ1n) is 8.75. The van der Waals surface area contributed by atoms with Gasteiger partial charge in [0, 0.05) is 32.2 Å². The Morgan fingerprint density at radius 2 is 1.81 bits per heavy atom. The quantitative estimate of drug-likeness (QED) is 0.912. The van der Waals surface area contributed by atoms with Gasteiger partial charge in [-0.05, 0) is 49.3 Å². The molecule has 0 radical (unpaired) electrons. The highest BCUT2D eigenvalue weighted by Gasteiger charge is 2.30. The van der Waals surface area contributed by atoms with Crippen LogP contribution in [0.4, 0.5) is 0 Å². The summed E-state index contributed by atoms with van der Waals surface area (Å²) in [6, 6.07) is 7.46. The van der Waals surface area contributed by atoms with Gasteiger partial charge < -0.3 is 5.32 Å². The van der Waals surface area contributed by atoms with Crippen molar-refractivity contribution in [3.63, 3.8) is 0 Å². The van der Waals surface area contributed by atoms with Crippen molar-refractivity contribution in [3.8, 4) is 0 Å². The minimum Gasteiger partial charge on any atom is -0.314 e. The molecular formula is C19H30N2. The standard InChI is InChI=1S/C19H30N2/c1-15-7-6-8-16(2)18(15)14-21-12-11-20-13-19(21)17-9-4-3-5-10-17/h6-8,17,19-20H,3-5,9-14H2,1-2H3. The van der Waals surface area contributed by atoms with Crippen molar-refractivity contribution in [1.29, 1.82) is 0 Å². The van der Waals surface area contributed by atoms with Crippen LogP contribution in [0.2, 0.25) is 0 Å². The average molecular weight is 286 g/mol. The normalized spacial score (nSPS) is 25.1. The van der Waals surface area contributed by atoms with Gasteiger partial charge in [-0.1, -0.05) is 37.5 Å². The van der Waals surface area contributed by atoms with Gasteiger partial charge in [-0.2, -0.15) is 0 Å². The summed E-state index contributed by atoms with van der Waals surface area (Å²) in [5, 5.41) is 3.64. The summed E-state index contributed by atoms with van der Waals surface area (Å²) >= 11 is 0. The highest BCUT2D eigenvalue weighted by Crippen LogP contribution is 2.31. The van der Waals surface area contributed by atoms with Gasteiger partial charge in [-0.25, -0.2) is 0 Å². The van der Waals surface area contributed by atoms with Crippen molar-refractivity contribution in [1.82, 2.24) is 10.2 Å². The number of nitrogens with one attached hydrogen (secondary N) is 1.